The second-order valence-electron chi connectivity index (χ2n) is 3.18. The maximum absolute atomic E-state index is 6.06. The van der Waals surface area contributed by atoms with E-state index in [1.54, 1.807) is 0 Å². The van der Waals surface area contributed by atoms with Crippen LogP contribution in [0.3, 0.4) is 0 Å². The van der Waals surface area contributed by atoms with Gasteiger partial charge in [0, 0.05) is 5.38 Å². The van der Waals surface area contributed by atoms with Gasteiger partial charge in [-0.15, -0.1) is 11.6 Å². The van der Waals surface area contributed by atoms with Crippen LogP contribution in [-0.2, 0) is 0 Å². The van der Waals surface area contributed by atoms with E-state index in [-0.39, 0.29) is 0 Å². The van der Waals surface area contributed by atoms with Crippen LogP contribution >= 0.6 is 11.6 Å². The molecule has 2 aliphatic rings. The Bertz CT molecular complexity index is 140. The first kappa shape index (κ1) is 5.79. The molecule has 0 amide bonds. The van der Waals surface area contributed by atoms with Crippen LogP contribution in [0.15, 0.2) is 12.2 Å². The monoisotopic (exact) mass is 142 g/mol. The number of hydrogen-bond acceptors (Lipinski definition) is 0. The van der Waals surface area contributed by atoms with Crippen LogP contribution < -0.4 is 0 Å². The predicted octanol–water partition coefficient (Wildman–Crippen LogP) is 2.58. The molecule has 0 aromatic rings. The smallest absolute Gasteiger partial charge is 0.0401 e. The summed E-state index contributed by atoms with van der Waals surface area (Å²) in [6.45, 7) is 0. The lowest BCUT2D eigenvalue weighted by atomic mass is 9.96. The van der Waals surface area contributed by atoms with Gasteiger partial charge in [-0.2, -0.15) is 0 Å². The normalized spacial score (nSPS) is 47.9. The van der Waals surface area contributed by atoms with Crippen LogP contribution in [0.4, 0.5) is 0 Å². The van der Waals surface area contributed by atoms with Crippen LogP contribution in [-0.4, -0.2) is 5.38 Å². The molecule has 9 heavy (non-hydrogen) atoms. The standard InChI is InChI=1S/C8H11Cl/c9-8-5-6-2-1-3-7(8)4-6/h1,3,6-8H,2,4-5H2. The molecule has 0 aromatic carbocycles. The Morgan fingerprint density at radius 3 is 2.89 bits per heavy atom. The van der Waals surface area contributed by atoms with Gasteiger partial charge in [0.15, 0.2) is 0 Å². The van der Waals surface area contributed by atoms with E-state index in [0.29, 0.717) is 11.3 Å². The SMILES string of the molecule is ClC1CC2CC=CC1C2. The molecule has 2 bridgehead atoms. The molecule has 0 N–H and O–H groups in total. The zero-order valence-electron chi connectivity index (χ0n) is 5.39. The largest absolute Gasteiger partial charge is 0.122 e. The molecular formula is C8H11Cl. The van der Waals surface area contributed by atoms with Crippen molar-refractivity contribution in [1.29, 1.82) is 0 Å². The number of rotatable bonds is 0. The summed E-state index contributed by atoms with van der Waals surface area (Å²) in [7, 11) is 0. The Hall–Kier alpha value is 0.0300. The maximum Gasteiger partial charge on any atom is 0.0401 e. The number of halogens is 1. The van der Waals surface area contributed by atoms with Crippen molar-refractivity contribution in [3.8, 4) is 0 Å². The molecule has 0 spiro atoms. The Kier molecular flexibility index (Phi) is 1.30. The van der Waals surface area contributed by atoms with Gasteiger partial charge in [-0.3, -0.25) is 0 Å². The van der Waals surface area contributed by atoms with Crippen LogP contribution in [0.5, 0.6) is 0 Å². The molecule has 50 valence electrons. The summed E-state index contributed by atoms with van der Waals surface area (Å²) < 4.78 is 0. The van der Waals surface area contributed by atoms with E-state index in [0.717, 1.165) is 5.92 Å². The second kappa shape index (κ2) is 2.02. The summed E-state index contributed by atoms with van der Waals surface area (Å²) in [6, 6.07) is 0. The lowest BCUT2D eigenvalue weighted by Gasteiger charge is -2.11. The second-order valence-corrected chi connectivity index (χ2v) is 3.74. The molecule has 0 aliphatic heterocycles. The lowest BCUT2D eigenvalue weighted by Crippen LogP contribution is -2.03. The fraction of sp³-hybridized carbons (Fsp3) is 0.750. The minimum atomic E-state index is 0.453. The molecule has 2 rings (SSSR count). The van der Waals surface area contributed by atoms with Crippen LogP contribution in [0.2, 0.25) is 0 Å². The van der Waals surface area contributed by atoms with Crippen LogP contribution in [0, 0.1) is 11.8 Å². The van der Waals surface area contributed by atoms with Gasteiger partial charge < -0.3 is 0 Å². The van der Waals surface area contributed by atoms with E-state index in [1.807, 2.05) is 0 Å². The van der Waals surface area contributed by atoms with E-state index < -0.39 is 0 Å². The third kappa shape index (κ3) is 0.898. The van der Waals surface area contributed by atoms with Crippen molar-refractivity contribution in [3.63, 3.8) is 0 Å². The van der Waals surface area contributed by atoms with Gasteiger partial charge in [-0.05, 0) is 31.1 Å². The summed E-state index contributed by atoms with van der Waals surface area (Å²) in [5.74, 6) is 1.63. The predicted molar refractivity (Wildman–Crippen MR) is 39.6 cm³/mol. The van der Waals surface area contributed by atoms with E-state index in [2.05, 4.69) is 12.2 Å². The Labute approximate surface area is 60.9 Å². The van der Waals surface area contributed by atoms with Crippen molar-refractivity contribution >= 4 is 11.6 Å². The van der Waals surface area contributed by atoms with Gasteiger partial charge in [-0.1, -0.05) is 12.2 Å². The van der Waals surface area contributed by atoms with Gasteiger partial charge in [0.1, 0.15) is 0 Å². The van der Waals surface area contributed by atoms with Crippen molar-refractivity contribution in [2.45, 2.75) is 24.6 Å². The molecule has 0 radical (unpaired) electrons. The molecule has 0 heterocycles. The number of alkyl halides is 1. The topological polar surface area (TPSA) is 0 Å². The van der Waals surface area contributed by atoms with Crippen molar-refractivity contribution in [2.75, 3.05) is 0 Å². The maximum atomic E-state index is 6.06. The van der Waals surface area contributed by atoms with E-state index in [9.17, 15) is 0 Å². The molecule has 0 saturated heterocycles. The van der Waals surface area contributed by atoms with Crippen molar-refractivity contribution in [2.24, 2.45) is 11.8 Å². The molecular weight excluding hydrogens is 132 g/mol. The summed E-state index contributed by atoms with van der Waals surface area (Å²) in [4.78, 5) is 0. The van der Waals surface area contributed by atoms with Gasteiger partial charge in [0.05, 0.1) is 0 Å². The van der Waals surface area contributed by atoms with Crippen molar-refractivity contribution in [1.82, 2.24) is 0 Å². The van der Waals surface area contributed by atoms with Gasteiger partial charge >= 0.3 is 0 Å². The third-order valence-corrected chi connectivity index (χ3v) is 2.98. The Morgan fingerprint density at radius 2 is 2.22 bits per heavy atom. The minimum absolute atomic E-state index is 0.453. The Balaban J connectivity index is 2.18. The van der Waals surface area contributed by atoms with E-state index >= 15 is 0 Å². The lowest BCUT2D eigenvalue weighted by molar-refractivity contribution is 0.519. The first-order chi connectivity index (χ1) is 4.36. The van der Waals surface area contributed by atoms with Crippen molar-refractivity contribution in [3.05, 3.63) is 12.2 Å². The molecule has 3 unspecified atom stereocenters. The highest BCUT2D eigenvalue weighted by Gasteiger charge is 2.32. The zero-order chi connectivity index (χ0) is 6.27. The summed E-state index contributed by atoms with van der Waals surface area (Å²) >= 11 is 6.06. The molecule has 0 aromatic heterocycles. The molecule has 1 fully saturated rings. The quantitative estimate of drug-likeness (QED) is 0.360. The molecule has 0 nitrogen and oxygen atoms in total. The fourth-order valence-electron chi connectivity index (χ4n) is 1.96. The summed E-state index contributed by atoms with van der Waals surface area (Å²) in [5.41, 5.74) is 0. The zero-order valence-corrected chi connectivity index (χ0v) is 6.14. The third-order valence-electron chi connectivity index (χ3n) is 2.48. The van der Waals surface area contributed by atoms with E-state index in [4.69, 9.17) is 11.6 Å². The highest BCUT2D eigenvalue weighted by molar-refractivity contribution is 6.21. The first-order valence-corrected chi connectivity index (χ1v) is 4.10. The average molecular weight is 143 g/mol. The molecule has 1 saturated carbocycles. The Morgan fingerprint density at radius 1 is 1.33 bits per heavy atom. The van der Waals surface area contributed by atoms with Crippen LogP contribution in [0.25, 0.3) is 0 Å². The fourth-order valence-corrected chi connectivity index (χ4v) is 2.40. The van der Waals surface area contributed by atoms with Gasteiger partial charge in [0.25, 0.3) is 0 Å². The highest BCUT2D eigenvalue weighted by atomic mass is 35.5. The summed E-state index contributed by atoms with van der Waals surface area (Å²) in [6.07, 6.45) is 8.46. The van der Waals surface area contributed by atoms with Crippen LogP contribution in [0.1, 0.15) is 19.3 Å². The van der Waals surface area contributed by atoms with Gasteiger partial charge in [0.2, 0.25) is 0 Å². The minimum Gasteiger partial charge on any atom is -0.122 e. The average Bonchev–Trinajstić information content (AvgIpc) is 2.09. The van der Waals surface area contributed by atoms with Crippen molar-refractivity contribution < 1.29 is 0 Å². The number of fused-ring (bicyclic) bond motifs is 2. The summed E-state index contributed by atoms with van der Waals surface area (Å²) in [5, 5.41) is 0.453. The number of allylic oxidation sites excluding steroid dienone is 2. The molecule has 3 atom stereocenters. The highest BCUT2D eigenvalue weighted by Crippen LogP contribution is 2.40. The molecule has 1 heteroatoms. The first-order valence-electron chi connectivity index (χ1n) is 3.67. The number of hydrogen-bond donors (Lipinski definition) is 0. The van der Waals surface area contributed by atoms with Gasteiger partial charge in [-0.25, -0.2) is 0 Å². The van der Waals surface area contributed by atoms with E-state index in [1.165, 1.54) is 19.3 Å². The molecule has 2 aliphatic carbocycles.